The number of fused-ring (bicyclic) bond motifs is 1. The van der Waals surface area contributed by atoms with Crippen LogP contribution in [0.4, 0.5) is 9.18 Å². The van der Waals surface area contributed by atoms with Crippen LogP contribution in [0.25, 0.3) is 16.6 Å². The topological polar surface area (TPSA) is 101 Å². The van der Waals surface area contributed by atoms with Gasteiger partial charge in [-0.05, 0) is 71.6 Å². The molecule has 0 aromatic carbocycles. The summed E-state index contributed by atoms with van der Waals surface area (Å²) in [6.07, 6.45) is 8.23. The Morgan fingerprint density at radius 3 is 2.67 bits per heavy atom. The lowest BCUT2D eigenvalue weighted by Gasteiger charge is -2.36. The van der Waals surface area contributed by atoms with E-state index < -0.39 is 11.4 Å². The van der Waals surface area contributed by atoms with Gasteiger partial charge in [0.15, 0.2) is 5.82 Å². The van der Waals surface area contributed by atoms with Gasteiger partial charge in [0.2, 0.25) is 0 Å². The van der Waals surface area contributed by atoms with Crippen LogP contribution < -0.4 is 0 Å². The molecule has 0 saturated carbocycles. The Bertz CT molecular complexity index is 1590. The van der Waals surface area contributed by atoms with Gasteiger partial charge in [-0.3, -0.25) is 4.68 Å². The van der Waals surface area contributed by atoms with E-state index in [1.54, 1.807) is 21.7 Å². The number of carbonyl (C=O) groups is 1. The van der Waals surface area contributed by atoms with E-state index in [0.717, 1.165) is 29.7 Å². The smallest absolute Gasteiger partial charge is 0.410 e. The Hall–Kier alpha value is -3.91. The molecule has 11 heteroatoms. The van der Waals surface area contributed by atoms with E-state index in [9.17, 15) is 14.4 Å². The van der Waals surface area contributed by atoms with Gasteiger partial charge in [-0.15, -0.1) is 0 Å². The molecule has 1 aliphatic rings. The summed E-state index contributed by atoms with van der Waals surface area (Å²) in [4.78, 5) is 19.1. The van der Waals surface area contributed by atoms with E-state index in [0.29, 0.717) is 35.0 Å². The van der Waals surface area contributed by atoms with Crippen molar-refractivity contribution in [1.29, 1.82) is 5.26 Å². The van der Waals surface area contributed by atoms with Gasteiger partial charge in [-0.2, -0.15) is 15.5 Å². The molecule has 0 bridgehead atoms. The van der Waals surface area contributed by atoms with E-state index in [1.165, 1.54) is 24.0 Å². The molecule has 1 amide bonds. The van der Waals surface area contributed by atoms with E-state index in [1.807, 2.05) is 50.8 Å². The minimum atomic E-state index is -0.511. The molecule has 1 fully saturated rings. The summed E-state index contributed by atoms with van der Waals surface area (Å²) in [5.41, 5.74) is 3.28. The van der Waals surface area contributed by atoms with Gasteiger partial charge in [-0.1, -0.05) is 11.8 Å². The third-order valence-corrected chi connectivity index (χ3v) is 8.27. The van der Waals surface area contributed by atoms with Crippen molar-refractivity contribution in [3.05, 3.63) is 60.1 Å². The zero-order valence-corrected chi connectivity index (χ0v) is 24.1. The number of amides is 1. The molecular formula is C29H32FN7O2S. The third kappa shape index (κ3) is 5.54. The van der Waals surface area contributed by atoms with Crippen LogP contribution in [0, 0.1) is 30.0 Å². The third-order valence-electron chi connectivity index (χ3n) is 7.24. The zero-order valence-electron chi connectivity index (χ0n) is 23.3. The van der Waals surface area contributed by atoms with Crippen LogP contribution >= 0.6 is 11.8 Å². The van der Waals surface area contributed by atoms with Gasteiger partial charge < -0.3 is 9.64 Å². The molecule has 5 rings (SSSR count). The molecule has 0 radical (unpaired) electrons. The number of rotatable bonds is 5. The number of carbonyl (C=O) groups excluding carboxylic acids is 1. The maximum Gasteiger partial charge on any atom is 0.410 e. The molecule has 1 saturated heterocycles. The van der Waals surface area contributed by atoms with Crippen molar-refractivity contribution in [2.75, 3.05) is 13.1 Å². The first-order valence-corrected chi connectivity index (χ1v) is 14.1. The first-order valence-electron chi connectivity index (χ1n) is 13.3. The minimum absolute atomic E-state index is 0.129. The largest absolute Gasteiger partial charge is 0.444 e. The molecule has 4 aromatic rings. The zero-order chi connectivity index (χ0) is 28.6. The highest BCUT2D eigenvalue weighted by molar-refractivity contribution is 7.99. The fourth-order valence-corrected chi connectivity index (χ4v) is 6.12. The summed E-state index contributed by atoms with van der Waals surface area (Å²) in [6, 6.07) is 7.16. The fourth-order valence-electron chi connectivity index (χ4n) is 5.15. The van der Waals surface area contributed by atoms with Crippen LogP contribution in [0.3, 0.4) is 0 Å². The number of piperidine rings is 1. The van der Waals surface area contributed by atoms with Gasteiger partial charge in [-0.25, -0.2) is 18.7 Å². The average Bonchev–Trinajstić information content (AvgIpc) is 3.52. The minimum Gasteiger partial charge on any atom is -0.444 e. The van der Waals surface area contributed by atoms with Crippen LogP contribution in [-0.2, 0) is 4.74 Å². The number of hydrogen-bond donors (Lipinski definition) is 0. The van der Waals surface area contributed by atoms with Crippen LogP contribution in [0.15, 0.2) is 52.9 Å². The Morgan fingerprint density at radius 2 is 2.00 bits per heavy atom. The predicted molar refractivity (Wildman–Crippen MR) is 149 cm³/mol. The summed E-state index contributed by atoms with van der Waals surface area (Å²) >= 11 is 1.17. The van der Waals surface area contributed by atoms with Gasteiger partial charge in [0.1, 0.15) is 16.7 Å². The van der Waals surface area contributed by atoms with E-state index in [-0.39, 0.29) is 17.2 Å². The van der Waals surface area contributed by atoms with Gasteiger partial charge >= 0.3 is 6.09 Å². The summed E-state index contributed by atoms with van der Waals surface area (Å²) < 4.78 is 23.7. The van der Waals surface area contributed by atoms with Crippen molar-refractivity contribution >= 4 is 23.4 Å². The number of aromatic nitrogens is 5. The standard InChI is InChI=1S/C29H32FN7O2S/c1-18(20-8-11-35(12-9-20)28(38)39-29(3,4)5)37-19(2)23(16-34-37)21-13-25(40-27-24(30)7-6-10-32-27)26-22(14-31)15-33-36(26)17-21/h6-7,10,13,15-18,20H,8-9,11-12H2,1-5H3/t18-/m0/s1. The van der Waals surface area contributed by atoms with Crippen molar-refractivity contribution in [2.45, 2.75) is 69.0 Å². The number of nitriles is 1. The molecule has 1 aliphatic heterocycles. The molecule has 0 aliphatic carbocycles. The lowest BCUT2D eigenvalue weighted by Crippen LogP contribution is -2.42. The number of nitrogens with zero attached hydrogens (tertiary/aromatic N) is 7. The van der Waals surface area contributed by atoms with Crippen LogP contribution in [0.5, 0.6) is 0 Å². The highest BCUT2D eigenvalue weighted by Gasteiger charge is 2.31. The molecule has 40 heavy (non-hydrogen) atoms. The molecule has 0 N–H and O–H groups in total. The molecular weight excluding hydrogens is 529 g/mol. The molecule has 1 atom stereocenters. The summed E-state index contributed by atoms with van der Waals surface area (Å²) in [5, 5.41) is 19.0. The Kier molecular flexibility index (Phi) is 7.55. The summed E-state index contributed by atoms with van der Waals surface area (Å²) in [5.74, 6) is -0.0696. The molecule has 0 spiro atoms. The number of pyridine rings is 2. The summed E-state index contributed by atoms with van der Waals surface area (Å²) in [6.45, 7) is 11.1. The molecule has 0 unspecified atom stereocenters. The second-order valence-electron chi connectivity index (χ2n) is 11.1. The number of ether oxygens (including phenoxy) is 1. The van der Waals surface area contributed by atoms with E-state index >= 15 is 0 Å². The van der Waals surface area contributed by atoms with Crippen LogP contribution in [-0.4, -0.2) is 54.1 Å². The Labute approximate surface area is 236 Å². The van der Waals surface area contributed by atoms with E-state index in [2.05, 4.69) is 23.1 Å². The monoisotopic (exact) mass is 561 g/mol. The van der Waals surface area contributed by atoms with E-state index in [4.69, 9.17) is 9.84 Å². The molecule has 5 heterocycles. The Balaban J connectivity index is 1.40. The highest BCUT2D eigenvalue weighted by atomic mass is 32.2. The SMILES string of the molecule is Cc1c(-c2cc(Sc3ncccc3F)c3c(C#N)cnn3c2)cnn1[C@@H](C)C1CCN(C(=O)OC(C)(C)C)CC1. The van der Waals surface area contributed by atoms with Crippen molar-refractivity contribution in [3.8, 4) is 17.2 Å². The fraction of sp³-hybridized carbons (Fsp3) is 0.414. The van der Waals surface area contributed by atoms with Crippen molar-refractivity contribution in [2.24, 2.45) is 5.92 Å². The van der Waals surface area contributed by atoms with Gasteiger partial charge in [0.05, 0.1) is 29.5 Å². The van der Waals surface area contributed by atoms with Crippen molar-refractivity contribution in [1.82, 2.24) is 29.3 Å². The second kappa shape index (κ2) is 10.9. The Morgan fingerprint density at radius 1 is 1.25 bits per heavy atom. The van der Waals surface area contributed by atoms with Crippen molar-refractivity contribution in [3.63, 3.8) is 0 Å². The predicted octanol–water partition coefficient (Wildman–Crippen LogP) is 6.27. The number of halogens is 1. The first kappa shape index (κ1) is 27.6. The highest BCUT2D eigenvalue weighted by Crippen LogP contribution is 2.37. The maximum atomic E-state index is 14.5. The number of likely N-dealkylation sites (tertiary alicyclic amines) is 1. The molecule has 4 aromatic heterocycles. The molecule has 208 valence electrons. The number of hydrogen-bond acceptors (Lipinski definition) is 7. The normalized spacial score (nSPS) is 15.3. The quantitative estimate of drug-likeness (QED) is 0.283. The maximum absolute atomic E-state index is 14.5. The first-order chi connectivity index (χ1) is 19.1. The van der Waals surface area contributed by atoms with Crippen molar-refractivity contribution < 1.29 is 13.9 Å². The molecule has 9 nitrogen and oxygen atoms in total. The summed E-state index contributed by atoms with van der Waals surface area (Å²) in [7, 11) is 0. The lowest BCUT2D eigenvalue weighted by molar-refractivity contribution is 0.0163. The lowest BCUT2D eigenvalue weighted by atomic mass is 9.90. The van der Waals surface area contributed by atoms with Crippen LogP contribution in [0.2, 0.25) is 0 Å². The second-order valence-corrected chi connectivity index (χ2v) is 12.1. The van der Waals surface area contributed by atoms with Gasteiger partial charge in [0, 0.05) is 47.2 Å². The average molecular weight is 562 g/mol. The van der Waals surface area contributed by atoms with Gasteiger partial charge in [0.25, 0.3) is 0 Å². The van der Waals surface area contributed by atoms with Crippen LogP contribution in [0.1, 0.15) is 57.8 Å².